The first kappa shape index (κ1) is 24.0. The lowest BCUT2D eigenvalue weighted by molar-refractivity contribution is -0.305. The van der Waals surface area contributed by atoms with Gasteiger partial charge < -0.3 is 24.3 Å². The molecule has 1 aromatic carbocycles. The van der Waals surface area contributed by atoms with E-state index in [9.17, 15) is 19.5 Å². The molecule has 0 radical (unpaired) electrons. The number of ether oxygens (including phenoxy) is 2. The van der Waals surface area contributed by atoms with Gasteiger partial charge >= 0.3 is 0 Å². The molecule has 0 saturated carbocycles. The lowest BCUT2D eigenvalue weighted by atomic mass is 9.63. The van der Waals surface area contributed by atoms with Crippen LogP contribution in [0.25, 0.3) is 0 Å². The zero-order valence-corrected chi connectivity index (χ0v) is 20.7. The Hall–Kier alpha value is -3.09. The third-order valence-corrected chi connectivity index (χ3v) is 7.05. The molecule has 0 bridgehead atoms. The summed E-state index contributed by atoms with van der Waals surface area (Å²) in [7, 11) is 3.10. The van der Waals surface area contributed by atoms with E-state index >= 15 is 0 Å². The van der Waals surface area contributed by atoms with E-state index in [-0.39, 0.29) is 28.9 Å². The maximum absolute atomic E-state index is 13.6. The van der Waals surface area contributed by atoms with E-state index in [1.54, 1.807) is 25.2 Å². The number of allylic oxidation sites excluding steroid dienone is 4. The van der Waals surface area contributed by atoms with Gasteiger partial charge in [-0.2, -0.15) is 0 Å². The Morgan fingerprint density at radius 3 is 1.85 bits per heavy atom. The maximum atomic E-state index is 13.6. The SMILES string of the molecule is COc1ccc(C2C3=C(CC(C)(C)CC3=O)N(CC(=O)[O-])C3=C2C(=O)CC(C)(C)C3)cc1OC. The third-order valence-electron chi connectivity index (χ3n) is 7.05. The van der Waals surface area contributed by atoms with Crippen LogP contribution in [0.1, 0.15) is 64.9 Å². The highest BCUT2D eigenvalue weighted by Gasteiger charge is 2.49. The van der Waals surface area contributed by atoms with Crippen molar-refractivity contribution in [2.24, 2.45) is 10.8 Å². The van der Waals surface area contributed by atoms with Crippen LogP contribution in [-0.4, -0.2) is 43.2 Å². The number of hydrogen-bond acceptors (Lipinski definition) is 7. The summed E-state index contributed by atoms with van der Waals surface area (Å²) < 4.78 is 10.9. The number of methoxy groups -OCH3 is 2. The molecule has 0 amide bonds. The molecular formula is C27H32NO6-. The molecule has 1 heterocycles. The fourth-order valence-electron chi connectivity index (χ4n) is 5.73. The van der Waals surface area contributed by atoms with Gasteiger partial charge in [-0.1, -0.05) is 33.8 Å². The molecule has 1 aliphatic heterocycles. The molecule has 0 fully saturated rings. The first-order valence-electron chi connectivity index (χ1n) is 11.6. The Morgan fingerprint density at radius 2 is 1.41 bits per heavy atom. The van der Waals surface area contributed by atoms with Crippen molar-refractivity contribution in [2.45, 2.75) is 59.3 Å². The molecule has 182 valence electrons. The van der Waals surface area contributed by atoms with Crippen molar-refractivity contribution in [2.75, 3.05) is 20.8 Å². The number of carbonyl (C=O) groups is 3. The molecule has 0 N–H and O–H groups in total. The number of Topliss-reactive ketones (excluding diaryl/α,β-unsaturated/α-hetero) is 2. The van der Waals surface area contributed by atoms with Crippen LogP contribution < -0.4 is 14.6 Å². The number of ketones is 2. The van der Waals surface area contributed by atoms with Gasteiger partial charge in [-0.3, -0.25) is 9.59 Å². The third kappa shape index (κ3) is 4.12. The summed E-state index contributed by atoms with van der Waals surface area (Å²) in [6.45, 7) is 7.66. The number of rotatable bonds is 5. The molecule has 1 aromatic rings. The van der Waals surface area contributed by atoms with Crippen molar-refractivity contribution in [3.05, 3.63) is 46.3 Å². The van der Waals surface area contributed by atoms with Gasteiger partial charge in [0.15, 0.2) is 23.1 Å². The standard InChI is InChI=1S/C27H33NO6/c1-26(2)10-16-24(18(29)12-26)23(15-7-8-20(33-5)21(9-15)34-6)25-17(28(16)14-22(31)32)11-27(3,4)13-19(25)30/h7-9,23H,10-14H2,1-6H3,(H,31,32)/p-1. The van der Waals surface area contributed by atoms with E-state index < -0.39 is 11.9 Å². The average molecular weight is 467 g/mol. The minimum absolute atomic E-state index is 0.0569. The van der Waals surface area contributed by atoms with Gasteiger partial charge in [0.25, 0.3) is 0 Å². The van der Waals surface area contributed by atoms with Gasteiger partial charge in [-0.05, 0) is 41.4 Å². The largest absolute Gasteiger partial charge is 0.548 e. The predicted molar refractivity (Wildman–Crippen MR) is 124 cm³/mol. The summed E-state index contributed by atoms with van der Waals surface area (Å²) in [6.07, 6.45) is 1.74. The summed E-state index contributed by atoms with van der Waals surface area (Å²) in [5, 5.41) is 11.8. The van der Waals surface area contributed by atoms with Crippen molar-refractivity contribution < 1.29 is 29.0 Å². The molecule has 2 aliphatic carbocycles. The molecule has 0 atom stereocenters. The molecule has 3 aliphatic rings. The van der Waals surface area contributed by atoms with Gasteiger partial charge in [-0.25, -0.2) is 0 Å². The topological polar surface area (TPSA) is 96.0 Å². The molecule has 4 rings (SSSR count). The average Bonchev–Trinajstić information content (AvgIpc) is 2.72. The Morgan fingerprint density at radius 1 is 0.912 bits per heavy atom. The minimum atomic E-state index is -1.24. The number of carboxylic acids is 1. The molecule has 0 spiro atoms. The Balaban J connectivity index is 2.01. The van der Waals surface area contributed by atoms with E-state index in [4.69, 9.17) is 9.47 Å². The first-order chi connectivity index (χ1) is 15.9. The number of benzene rings is 1. The maximum Gasteiger partial charge on any atom is 0.162 e. The van der Waals surface area contributed by atoms with E-state index in [1.807, 2.05) is 39.8 Å². The fraction of sp³-hybridized carbons (Fsp3) is 0.519. The van der Waals surface area contributed by atoms with Gasteiger partial charge in [0.2, 0.25) is 0 Å². The second-order valence-corrected chi connectivity index (χ2v) is 11.1. The van der Waals surface area contributed by atoms with Crippen LogP contribution in [0.15, 0.2) is 40.7 Å². The normalized spacial score (nSPS) is 21.9. The van der Waals surface area contributed by atoms with Crippen molar-refractivity contribution in [1.82, 2.24) is 4.90 Å². The number of carbonyl (C=O) groups excluding carboxylic acids is 3. The van der Waals surface area contributed by atoms with E-state index in [0.29, 0.717) is 59.7 Å². The molecule has 7 heteroatoms. The predicted octanol–water partition coefficient (Wildman–Crippen LogP) is 3.14. The summed E-state index contributed by atoms with van der Waals surface area (Å²) in [5.41, 5.74) is 2.51. The zero-order chi connectivity index (χ0) is 25.0. The number of aliphatic carboxylic acids is 1. The van der Waals surface area contributed by atoms with Crippen LogP contribution in [0.2, 0.25) is 0 Å². The lowest BCUT2D eigenvalue weighted by Crippen LogP contribution is -2.47. The van der Waals surface area contributed by atoms with Gasteiger partial charge in [0, 0.05) is 41.3 Å². The molecule has 34 heavy (non-hydrogen) atoms. The van der Waals surface area contributed by atoms with Crippen LogP contribution in [0.4, 0.5) is 0 Å². The molecule has 0 saturated heterocycles. The Kier molecular flexibility index (Phi) is 5.86. The number of nitrogens with zero attached hydrogens (tertiary/aromatic N) is 1. The van der Waals surface area contributed by atoms with E-state index in [1.165, 1.54) is 0 Å². The molecule has 7 nitrogen and oxygen atoms in total. The monoisotopic (exact) mass is 466 g/mol. The quantitative estimate of drug-likeness (QED) is 0.658. The highest BCUT2D eigenvalue weighted by molar-refractivity contribution is 6.07. The first-order valence-corrected chi connectivity index (χ1v) is 11.6. The summed E-state index contributed by atoms with van der Waals surface area (Å²) in [6, 6.07) is 5.44. The van der Waals surface area contributed by atoms with Crippen LogP contribution >= 0.6 is 0 Å². The van der Waals surface area contributed by atoms with Crippen molar-refractivity contribution in [3.63, 3.8) is 0 Å². The van der Waals surface area contributed by atoms with Crippen LogP contribution in [-0.2, 0) is 14.4 Å². The second-order valence-electron chi connectivity index (χ2n) is 11.1. The second kappa shape index (κ2) is 8.29. The van der Waals surface area contributed by atoms with E-state index in [0.717, 1.165) is 5.56 Å². The van der Waals surface area contributed by atoms with Crippen LogP contribution in [0.5, 0.6) is 11.5 Å². The summed E-state index contributed by atoms with van der Waals surface area (Å²) >= 11 is 0. The number of hydrogen-bond donors (Lipinski definition) is 0. The Labute approximate surface area is 200 Å². The van der Waals surface area contributed by atoms with Crippen molar-refractivity contribution in [1.29, 1.82) is 0 Å². The van der Waals surface area contributed by atoms with Gasteiger partial charge in [0.05, 0.1) is 26.7 Å². The molecule has 0 unspecified atom stereocenters. The number of carboxylic acid groups (broad SMARTS) is 1. The molecule has 0 aromatic heterocycles. The van der Waals surface area contributed by atoms with Gasteiger partial charge in [-0.15, -0.1) is 0 Å². The summed E-state index contributed by atoms with van der Waals surface area (Å²) in [4.78, 5) is 40.7. The lowest BCUT2D eigenvalue weighted by Gasteiger charge is -2.49. The van der Waals surface area contributed by atoms with Crippen molar-refractivity contribution >= 4 is 17.5 Å². The van der Waals surface area contributed by atoms with Crippen molar-refractivity contribution in [3.8, 4) is 11.5 Å². The van der Waals surface area contributed by atoms with Gasteiger partial charge in [0.1, 0.15) is 0 Å². The van der Waals surface area contributed by atoms with E-state index in [2.05, 4.69) is 0 Å². The van der Waals surface area contributed by atoms with Crippen LogP contribution in [0, 0.1) is 10.8 Å². The smallest absolute Gasteiger partial charge is 0.162 e. The molecular weight excluding hydrogens is 434 g/mol. The summed E-state index contributed by atoms with van der Waals surface area (Å²) in [5.74, 6) is -0.869. The minimum Gasteiger partial charge on any atom is -0.548 e. The highest BCUT2D eigenvalue weighted by Crippen LogP contribution is 2.54. The Bertz CT molecular complexity index is 1090. The fourth-order valence-corrected chi connectivity index (χ4v) is 5.73. The highest BCUT2D eigenvalue weighted by atomic mass is 16.5. The zero-order valence-electron chi connectivity index (χ0n) is 20.7. The van der Waals surface area contributed by atoms with Crippen LogP contribution in [0.3, 0.4) is 0 Å².